The van der Waals surface area contributed by atoms with Crippen LogP contribution in [0.2, 0.25) is 0 Å². The van der Waals surface area contributed by atoms with E-state index in [2.05, 4.69) is 30.9 Å². The molecule has 1 aromatic carbocycles. The fourth-order valence-corrected chi connectivity index (χ4v) is 2.95. The standard InChI is InChI=1S/C17H19N5O2/c1-11-2-3-12-13(8-11)19-14(18-12)9-15-20-16(10-17(23)21-15)22-4-6-24-7-5-22/h2-3,8,10H,4-7,9H2,1H3,(H,18,19)(H,20,21,23). The summed E-state index contributed by atoms with van der Waals surface area (Å²) in [5.41, 5.74) is 2.95. The molecule has 0 spiro atoms. The van der Waals surface area contributed by atoms with E-state index in [1.807, 2.05) is 19.1 Å². The third-order valence-corrected chi connectivity index (χ3v) is 4.13. The summed E-state index contributed by atoms with van der Waals surface area (Å²) >= 11 is 0. The number of aromatic nitrogens is 4. The van der Waals surface area contributed by atoms with E-state index in [4.69, 9.17) is 4.74 Å². The Labute approximate surface area is 138 Å². The lowest BCUT2D eigenvalue weighted by atomic mass is 10.2. The molecule has 0 aliphatic carbocycles. The van der Waals surface area contributed by atoms with Gasteiger partial charge >= 0.3 is 0 Å². The number of imidazole rings is 1. The highest BCUT2D eigenvalue weighted by Crippen LogP contribution is 2.15. The zero-order chi connectivity index (χ0) is 16.5. The maximum atomic E-state index is 12.0. The van der Waals surface area contributed by atoms with Crippen LogP contribution in [0.15, 0.2) is 29.1 Å². The van der Waals surface area contributed by atoms with Crippen molar-refractivity contribution in [2.75, 3.05) is 31.2 Å². The van der Waals surface area contributed by atoms with Crippen LogP contribution in [-0.4, -0.2) is 46.2 Å². The van der Waals surface area contributed by atoms with Crippen molar-refractivity contribution in [3.05, 3.63) is 51.8 Å². The molecule has 1 aliphatic rings. The first-order chi connectivity index (χ1) is 11.7. The van der Waals surface area contributed by atoms with Gasteiger partial charge in [-0.2, -0.15) is 0 Å². The van der Waals surface area contributed by atoms with Gasteiger partial charge in [0.2, 0.25) is 0 Å². The molecular weight excluding hydrogens is 306 g/mol. The predicted octanol–water partition coefficient (Wildman–Crippen LogP) is 1.38. The van der Waals surface area contributed by atoms with E-state index in [1.54, 1.807) is 0 Å². The Balaban J connectivity index is 1.63. The van der Waals surface area contributed by atoms with E-state index in [0.29, 0.717) is 31.3 Å². The van der Waals surface area contributed by atoms with Crippen molar-refractivity contribution in [3.8, 4) is 0 Å². The molecule has 7 nitrogen and oxygen atoms in total. The summed E-state index contributed by atoms with van der Waals surface area (Å²) in [5, 5.41) is 0. The van der Waals surface area contributed by atoms with Crippen LogP contribution in [0.25, 0.3) is 11.0 Å². The molecule has 2 aromatic heterocycles. The van der Waals surface area contributed by atoms with E-state index in [1.165, 1.54) is 11.6 Å². The van der Waals surface area contributed by atoms with Crippen molar-refractivity contribution in [3.63, 3.8) is 0 Å². The van der Waals surface area contributed by atoms with Crippen LogP contribution in [0.3, 0.4) is 0 Å². The van der Waals surface area contributed by atoms with Crippen LogP contribution in [0.4, 0.5) is 5.82 Å². The molecule has 7 heteroatoms. The number of ether oxygens (including phenoxy) is 1. The minimum Gasteiger partial charge on any atom is -0.378 e. The number of morpholine rings is 1. The van der Waals surface area contributed by atoms with Crippen molar-refractivity contribution in [1.82, 2.24) is 19.9 Å². The van der Waals surface area contributed by atoms with Crippen LogP contribution < -0.4 is 10.5 Å². The van der Waals surface area contributed by atoms with Gasteiger partial charge < -0.3 is 19.6 Å². The number of nitrogens with zero attached hydrogens (tertiary/aromatic N) is 3. The summed E-state index contributed by atoms with van der Waals surface area (Å²) in [6, 6.07) is 7.63. The minimum absolute atomic E-state index is 0.145. The molecule has 124 valence electrons. The summed E-state index contributed by atoms with van der Waals surface area (Å²) < 4.78 is 5.35. The lowest BCUT2D eigenvalue weighted by Crippen LogP contribution is -2.37. The molecule has 0 radical (unpaired) electrons. The van der Waals surface area contributed by atoms with Gasteiger partial charge in [-0.1, -0.05) is 6.07 Å². The van der Waals surface area contributed by atoms with Crippen LogP contribution in [0, 0.1) is 6.92 Å². The molecule has 0 unspecified atom stereocenters. The molecule has 1 fully saturated rings. The van der Waals surface area contributed by atoms with E-state index in [0.717, 1.165) is 29.9 Å². The van der Waals surface area contributed by atoms with Crippen LogP contribution >= 0.6 is 0 Å². The van der Waals surface area contributed by atoms with Crippen LogP contribution in [0.5, 0.6) is 0 Å². The number of anilines is 1. The van der Waals surface area contributed by atoms with Gasteiger partial charge in [0.25, 0.3) is 5.56 Å². The van der Waals surface area contributed by atoms with Crippen LogP contribution in [0.1, 0.15) is 17.2 Å². The molecule has 3 aromatic rings. The van der Waals surface area contributed by atoms with Crippen molar-refractivity contribution in [2.24, 2.45) is 0 Å². The number of hydrogen-bond acceptors (Lipinski definition) is 5. The quantitative estimate of drug-likeness (QED) is 0.760. The molecule has 0 saturated carbocycles. The number of fused-ring (bicyclic) bond motifs is 1. The molecule has 0 bridgehead atoms. The average Bonchev–Trinajstić information content (AvgIpc) is 2.96. The number of rotatable bonds is 3. The van der Waals surface area contributed by atoms with Gasteiger partial charge in [0, 0.05) is 19.2 Å². The summed E-state index contributed by atoms with van der Waals surface area (Å²) in [6.07, 6.45) is 0.459. The topological polar surface area (TPSA) is 86.9 Å². The van der Waals surface area contributed by atoms with Crippen molar-refractivity contribution >= 4 is 16.9 Å². The first kappa shape index (κ1) is 14.9. The average molecular weight is 325 g/mol. The van der Waals surface area contributed by atoms with E-state index < -0.39 is 0 Å². The summed E-state index contributed by atoms with van der Waals surface area (Å²) in [6.45, 7) is 4.86. The summed E-state index contributed by atoms with van der Waals surface area (Å²) in [4.78, 5) is 29.3. The molecule has 3 heterocycles. The number of benzene rings is 1. The van der Waals surface area contributed by atoms with Crippen molar-refractivity contribution < 1.29 is 4.74 Å². The summed E-state index contributed by atoms with van der Waals surface area (Å²) in [7, 11) is 0. The zero-order valence-corrected chi connectivity index (χ0v) is 13.5. The van der Waals surface area contributed by atoms with Gasteiger partial charge in [-0.15, -0.1) is 0 Å². The summed E-state index contributed by atoms with van der Waals surface area (Å²) in [5.74, 6) is 2.10. The Kier molecular flexibility index (Phi) is 3.78. The van der Waals surface area contributed by atoms with Gasteiger partial charge in [-0.05, 0) is 24.6 Å². The van der Waals surface area contributed by atoms with Gasteiger partial charge in [0.15, 0.2) is 0 Å². The fourth-order valence-electron chi connectivity index (χ4n) is 2.95. The lowest BCUT2D eigenvalue weighted by Gasteiger charge is -2.27. The Morgan fingerprint density at radius 3 is 2.75 bits per heavy atom. The van der Waals surface area contributed by atoms with Gasteiger partial charge in [0.05, 0.1) is 30.7 Å². The highest BCUT2D eigenvalue weighted by Gasteiger charge is 2.14. The molecule has 4 rings (SSSR count). The van der Waals surface area contributed by atoms with E-state index >= 15 is 0 Å². The molecule has 24 heavy (non-hydrogen) atoms. The highest BCUT2D eigenvalue weighted by molar-refractivity contribution is 5.75. The largest absolute Gasteiger partial charge is 0.378 e. The Morgan fingerprint density at radius 2 is 1.92 bits per heavy atom. The second kappa shape index (κ2) is 6.09. The zero-order valence-electron chi connectivity index (χ0n) is 13.5. The monoisotopic (exact) mass is 325 g/mol. The smallest absolute Gasteiger partial charge is 0.252 e. The maximum absolute atomic E-state index is 12.0. The number of aryl methyl sites for hydroxylation is 1. The fraction of sp³-hybridized carbons (Fsp3) is 0.353. The number of nitrogens with one attached hydrogen (secondary N) is 2. The lowest BCUT2D eigenvalue weighted by molar-refractivity contribution is 0.122. The minimum atomic E-state index is -0.145. The molecule has 2 N–H and O–H groups in total. The third kappa shape index (κ3) is 3.03. The van der Waals surface area contributed by atoms with Gasteiger partial charge in [0.1, 0.15) is 17.5 Å². The molecule has 0 amide bonds. The van der Waals surface area contributed by atoms with E-state index in [9.17, 15) is 4.79 Å². The second-order valence-electron chi connectivity index (χ2n) is 6.03. The molecular formula is C17H19N5O2. The Hall–Kier alpha value is -2.67. The van der Waals surface area contributed by atoms with Crippen molar-refractivity contribution in [2.45, 2.75) is 13.3 Å². The van der Waals surface area contributed by atoms with Crippen molar-refractivity contribution in [1.29, 1.82) is 0 Å². The van der Waals surface area contributed by atoms with Crippen LogP contribution in [-0.2, 0) is 11.2 Å². The second-order valence-corrected chi connectivity index (χ2v) is 6.03. The first-order valence-corrected chi connectivity index (χ1v) is 8.05. The van der Waals surface area contributed by atoms with Gasteiger partial charge in [-0.3, -0.25) is 4.79 Å². The number of aromatic amines is 2. The molecule has 1 aliphatic heterocycles. The van der Waals surface area contributed by atoms with E-state index in [-0.39, 0.29) is 5.56 Å². The molecule has 1 saturated heterocycles. The third-order valence-electron chi connectivity index (χ3n) is 4.13. The SMILES string of the molecule is Cc1ccc2nc(Cc3nc(N4CCOCC4)cc(=O)[nH]3)[nH]c2c1. The maximum Gasteiger partial charge on any atom is 0.252 e. The normalized spacial score (nSPS) is 15.1. The number of H-pyrrole nitrogens is 2. The number of hydrogen-bond donors (Lipinski definition) is 2. The van der Waals surface area contributed by atoms with Gasteiger partial charge in [-0.25, -0.2) is 9.97 Å². The Morgan fingerprint density at radius 1 is 1.12 bits per heavy atom. The Bertz CT molecular complexity index is 924. The predicted molar refractivity (Wildman–Crippen MR) is 91.5 cm³/mol. The first-order valence-electron chi connectivity index (χ1n) is 8.05. The molecule has 0 atom stereocenters. The highest BCUT2D eigenvalue weighted by atomic mass is 16.5.